The first-order valence-corrected chi connectivity index (χ1v) is 2.28. The maximum Gasteiger partial charge on any atom is 1.00 e. The number of carboxylic acids is 2. The maximum atomic E-state index is 9.77. The minimum atomic E-state index is -2.27. The Bertz CT molecular complexity index is 175. The number of hydrogen-bond donors (Lipinski definition) is 5. The standard InChI is InChI=1S/C4H6O6.8ClH.Er.K.H3N.H/c5-1(3(7)8)2(6)4(9)10;;;;;;;;;;;;/h1-2,5-6H,(H,7,8)(H,9,10);8*1H;;;1H3;/q;;;;;;;;;;+1;;-1. The van der Waals surface area contributed by atoms with Gasteiger partial charge in [-0.3, -0.25) is 0 Å². The molecule has 0 rings (SSSR count). The van der Waals surface area contributed by atoms with E-state index in [4.69, 9.17) is 20.4 Å². The molecule has 2 unspecified atom stereocenters. The molecule has 0 aliphatic heterocycles. The van der Waals surface area contributed by atoms with Gasteiger partial charge in [-0.1, -0.05) is 0 Å². The molecule has 0 aromatic carbocycles. The molecule has 0 saturated carbocycles. The number of aliphatic carboxylic acids is 2. The molecule has 0 aliphatic rings. The number of carboxylic acid groups (broad SMARTS) is 2. The first-order valence-electron chi connectivity index (χ1n) is 2.28. The predicted octanol–water partition coefficient (Wildman–Crippen LogP) is -1.47. The first-order chi connectivity index (χ1) is 4.46. The molecule has 2 atom stereocenters. The normalized spacial score (nSPS) is 7.52. The summed E-state index contributed by atoms with van der Waals surface area (Å²) in [6.45, 7) is 0. The largest absolute Gasteiger partial charge is 1.00 e. The third-order valence-corrected chi connectivity index (χ3v) is 0.805. The summed E-state index contributed by atoms with van der Waals surface area (Å²) in [5.41, 5.74) is 0. The summed E-state index contributed by atoms with van der Waals surface area (Å²) in [6, 6.07) is 0. The summed E-state index contributed by atoms with van der Waals surface area (Å²) in [5, 5.41) is 32.5. The van der Waals surface area contributed by atoms with Crippen LogP contribution in [0.5, 0.6) is 0 Å². The van der Waals surface area contributed by atoms with Crippen molar-refractivity contribution in [2.45, 2.75) is 12.2 Å². The molecule has 17 heteroatoms. The van der Waals surface area contributed by atoms with Crippen molar-refractivity contribution in [1.82, 2.24) is 6.15 Å². The van der Waals surface area contributed by atoms with Crippen LogP contribution in [-0.2, 0) is 9.59 Å². The van der Waals surface area contributed by atoms with Crippen molar-refractivity contribution < 1.29 is 120 Å². The van der Waals surface area contributed by atoms with Gasteiger partial charge in [0.05, 0.1) is 0 Å². The number of halogens is 8. The van der Waals surface area contributed by atoms with E-state index in [1.54, 1.807) is 0 Å². The van der Waals surface area contributed by atoms with Gasteiger partial charge in [0.1, 0.15) is 0 Å². The molecule has 0 heterocycles. The van der Waals surface area contributed by atoms with Gasteiger partial charge in [-0.05, 0) is 0 Å². The van der Waals surface area contributed by atoms with Crippen molar-refractivity contribution in [2.75, 3.05) is 0 Å². The Hall–Kier alpha value is 4.02. The molecule has 0 spiro atoms. The van der Waals surface area contributed by atoms with Crippen LogP contribution < -0.4 is 57.5 Å². The molecule has 0 aromatic rings. The summed E-state index contributed by atoms with van der Waals surface area (Å²) in [6.07, 6.45) is -4.53. The van der Waals surface area contributed by atoms with E-state index < -0.39 is 24.1 Å². The summed E-state index contributed by atoms with van der Waals surface area (Å²) < 4.78 is 0. The van der Waals surface area contributed by atoms with Gasteiger partial charge in [0.25, 0.3) is 0 Å². The minimum absolute atomic E-state index is 0. The van der Waals surface area contributed by atoms with Gasteiger partial charge < -0.3 is 28.0 Å². The summed E-state index contributed by atoms with van der Waals surface area (Å²) in [4.78, 5) is 19.5. The molecule has 144 valence electrons. The van der Waals surface area contributed by atoms with Crippen LogP contribution in [0.15, 0.2) is 0 Å². The van der Waals surface area contributed by atoms with Crippen molar-refractivity contribution in [1.29, 1.82) is 0 Å². The Morgan fingerprint density at radius 1 is 0.667 bits per heavy atom. The zero-order valence-electron chi connectivity index (χ0n) is 11.0. The fraction of sp³-hybridized carbons (Fsp3) is 0.500. The third kappa shape index (κ3) is 45.4. The van der Waals surface area contributed by atoms with Gasteiger partial charge in [0.15, 0.2) is 12.2 Å². The van der Waals surface area contributed by atoms with Crippen LogP contribution in [0.1, 0.15) is 1.43 Å². The van der Waals surface area contributed by atoms with Gasteiger partial charge in [0, 0.05) is 37.3 Å². The Balaban J connectivity index is -0.00000000614. The molecule has 7 N–H and O–H groups in total. The van der Waals surface area contributed by atoms with E-state index in [0.29, 0.717) is 0 Å². The smallest absolute Gasteiger partial charge is 1.00 e. The molecule has 21 heavy (non-hydrogen) atoms. The van der Waals surface area contributed by atoms with E-state index in [1.807, 2.05) is 0 Å². The van der Waals surface area contributed by atoms with Crippen LogP contribution in [0.25, 0.3) is 0 Å². The van der Waals surface area contributed by atoms with Crippen LogP contribution in [-0.4, -0.2) is 44.6 Å². The average Bonchev–Trinajstić information content (AvgIpc) is 1.84. The average molecular weight is 666 g/mol. The SMILES string of the molecule is Cl.Cl.Cl.Cl.Cl.Cl.Cl.Cl.N.O=C(O)C(O)C(O)C(=O)O.[Er].[H-].[K+]. The van der Waals surface area contributed by atoms with Crippen molar-refractivity contribution in [3.63, 3.8) is 0 Å². The third-order valence-electron chi connectivity index (χ3n) is 0.805. The molecular weight excluding hydrogens is 648 g/mol. The van der Waals surface area contributed by atoms with E-state index in [2.05, 4.69) is 0 Å². The Labute approximate surface area is 245 Å². The van der Waals surface area contributed by atoms with Gasteiger partial charge in [-0.15, -0.1) is 99.3 Å². The quantitative estimate of drug-likeness (QED) is 0.231. The molecule has 0 amide bonds. The van der Waals surface area contributed by atoms with Gasteiger partial charge >= 0.3 is 63.3 Å². The molecule has 7 nitrogen and oxygen atoms in total. The number of hydrogen-bond acceptors (Lipinski definition) is 5. The van der Waals surface area contributed by atoms with Crippen LogP contribution >= 0.6 is 99.3 Å². The van der Waals surface area contributed by atoms with Crippen LogP contribution in [0.4, 0.5) is 0 Å². The van der Waals surface area contributed by atoms with Crippen molar-refractivity contribution in [3.05, 3.63) is 0 Å². The van der Waals surface area contributed by atoms with Gasteiger partial charge in [-0.25, -0.2) is 9.59 Å². The Morgan fingerprint density at radius 2 is 0.762 bits per heavy atom. The topological polar surface area (TPSA) is 150 Å². The second kappa shape index (κ2) is 49.6. The van der Waals surface area contributed by atoms with Crippen LogP contribution in [0, 0.1) is 37.3 Å². The van der Waals surface area contributed by atoms with E-state index in [-0.39, 0.29) is 196 Å². The molecule has 0 radical (unpaired) electrons. The Kier molecular flexibility index (Phi) is 201. The van der Waals surface area contributed by atoms with E-state index >= 15 is 0 Å². The second-order valence-electron chi connectivity index (χ2n) is 1.57. The number of aliphatic hydroxyl groups is 2. The Morgan fingerprint density at radius 3 is 0.810 bits per heavy atom. The van der Waals surface area contributed by atoms with Gasteiger partial charge in [-0.2, -0.15) is 0 Å². The summed E-state index contributed by atoms with van der Waals surface area (Å²) in [5.74, 6) is -3.54. The molecule has 0 aromatic heterocycles. The van der Waals surface area contributed by atoms with Crippen molar-refractivity contribution in [2.24, 2.45) is 0 Å². The first kappa shape index (κ1) is 85.1. The monoisotopic (exact) mass is 661 g/mol. The van der Waals surface area contributed by atoms with Crippen LogP contribution in [0.3, 0.4) is 0 Å². The van der Waals surface area contributed by atoms with Crippen molar-refractivity contribution in [3.8, 4) is 0 Å². The van der Waals surface area contributed by atoms with Crippen LogP contribution in [0.2, 0.25) is 0 Å². The molecule has 0 saturated heterocycles. The molecule has 0 aliphatic carbocycles. The summed E-state index contributed by atoms with van der Waals surface area (Å²) in [7, 11) is 0. The fourth-order valence-electron chi connectivity index (χ4n) is 0.270. The molecule has 0 bridgehead atoms. The zero-order valence-corrected chi connectivity index (χ0v) is 21.5. The van der Waals surface area contributed by atoms with E-state index in [1.165, 1.54) is 0 Å². The van der Waals surface area contributed by atoms with Gasteiger partial charge in [0.2, 0.25) is 0 Å². The number of rotatable bonds is 3. The fourth-order valence-corrected chi connectivity index (χ4v) is 0.270. The maximum absolute atomic E-state index is 9.77. The molecular formula is C4H18Cl8ErKNO6. The minimum Gasteiger partial charge on any atom is -1.00 e. The zero-order chi connectivity index (χ0) is 8.31. The predicted molar refractivity (Wildman–Crippen MR) is 91.4 cm³/mol. The van der Waals surface area contributed by atoms with E-state index in [0.717, 1.165) is 0 Å². The van der Waals surface area contributed by atoms with E-state index in [9.17, 15) is 9.59 Å². The second-order valence-corrected chi connectivity index (χ2v) is 1.57. The number of aliphatic hydroxyl groups excluding tert-OH is 2. The van der Waals surface area contributed by atoms with Crippen molar-refractivity contribution >= 4 is 111 Å². The summed E-state index contributed by atoms with van der Waals surface area (Å²) >= 11 is 0. The number of carbonyl (C=O) groups is 2. The molecule has 0 fully saturated rings.